The minimum atomic E-state index is -0.534. The first-order valence-corrected chi connectivity index (χ1v) is 7.82. The summed E-state index contributed by atoms with van der Waals surface area (Å²) in [5.41, 5.74) is 4.83. The lowest BCUT2D eigenvalue weighted by Gasteiger charge is -2.28. The lowest BCUT2D eigenvalue weighted by molar-refractivity contribution is -0.870. The van der Waals surface area contributed by atoms with Gasteiger partial charge >= 0.3 is 5.97 Å². The zero-order valence-corrected chi connectivity index (χ0v) is 14.6. The molecule has 2 atom stereocenters. The Labute approximate surface area is 129 Å². The molecule has 0 aliphatic rings. The van der Waals surface area contributed by atoms with Gasteiger partial charge in [-0.25, -0.2) is 0 Å². The minimum Gasteiger partial charge on any atom is -0.459 e. The summed E-state index contributed by atoms with van der Waals surface area (Å²) >= 11 is 0. The average Bonchev–Trinajstić information content (AvgIpc) is 2.37. The van der Waals surface area contributed by atoms with Crippen molar-refractivity contribution in [1.29, 1.82) is 0 Å². The van der Waals surface area contributed by atoms with Gasteiger partial charge in [0.25, 0.3) is 0 Å². The molecular weight excluding hydrogens is 268 g/mol. The zero-order valence-electron chi connectivity index (χ0n) is 14.6. The van der Waals surface area contributed by atoms with E-state index in [1.165, 1.54) is 0 Å². The number of carbonyl (C=O) groups excluding carboxylic acids is 2. The van der Waals surface area contributed by atoms with Crippen LogP contribution in [0.15, 0.2) is 0 Å². The Bertz CT molecular complexity index is 350. The van der Waals surface area contributed by atoms with Gasteiger partial charge in [0.05, 0.1) is 26.6 Å². The second-order valence-corrected chi connectivity index (χ2v) is 7.11. The summed E-state index contributed by atoms with van der Waals surface area (Å²) in [6.07, 6.45) is 2.69. The molecule has 2 N–H and O–H groups in total. The molecular formula is C16H33N2O3+. The van der Waals surface area contributed by atoms with Crippen LogP contribution >= 0.6 is 0 Å². The number of rotatable bonds is 10. The molecule has 0 aliphatic heterocycles. The Morgan fingerprint density at radius 2 is 1.81 bits per heavy atom. The lowest BCUT2D eigenvalue weighted by atomic mass is 9.80. The van der Waals surface area contributed by atoms with E-state index >= 15 is 0 Å². The van der Waals surface area contributed by atoms with Crippen molar-refractivity contribution >= 4 is 11.9 Å². The van der Waals surface area contributed by atoms with Crippen molar-refractivity contribution in [3.63, 3.8) is 0 Å². The maximum Gasteiger partial charge on any atom is 0.311 e. The predicted molar refractivity (Wildman–Crippen MR) is 84.5 cm³/mol. The fraction of sp³-hybridized carbons (Fsp3) is 0.875. The quantitative estimate of drug-likeness (QED) is 0.495. The normalized spacial score (nSPS) is 16.1. The summed E-state index contributed by atoms with van der Waals surface area (Å²) < 4.78 is 6.19. The van der Waals surface area contributed by atoms with E-state index in [-0.39, 0.29) is 17.8 Å². The van der Waals surface area contributed by atoms with Crippen LogP contribution in [0.3, 0.4) is 0 Å². The Hall–Kier alpha value is -1.10. The standard InChI is InChI=1S/C16H32N2O3/c1-7-13(14(17)19)9-10-16(3,8-2)15(20)21-12-11-18(4,5)6/h13H,7-12H2,1-6H3,(H-,17,19)/p+1. The fourth-order valence-corrected chi connectivity index (χ4v) is 2.05. The molecule has 5 nitrogen and oxygen atoms in total. The Balaban J connectivity index is 4.49. The summed E-state index contributed by atoms with van der Waals surface area (Å²) in [6, 6.07) is 0. The van der Waals surface area contributed by atoms with Crippen LogP contribution in [-0.4, -0.2) is 50.7 Å². The van der Waals surface area contributed by atoms with Gasteiger partial charge < -0.3 is 15.0 Å². The second kappa shape index (κ2) is 8.37. The molecule has 0 aromatic rings. The van der Waals surface area contributed by atoms with Crippen LogP contribution in [0, 0.1) is 11.3 Å². The molecule has 0 aliphatic carbocycles. The van der Waals surface area contributed by atoms with E-state index in [9.17, 15) is 9.59 Å². The largest absolute Gasteiger partial charge is 0.459 e. The van der Waals surface area contributed by atoms with Crippen molar-refractivity contribution < 1.29 is 18.8 Å². The second-order valence-electron chi connectivity index (χ2n) is 7.11. The van der Waals surface area contributed by atoms with Gasteiger partial charge in [0.15, 0.2) is 0 Å². The SMILES string of the molecule is CCC(CCC(C)(CC)C(=O)OCC[N+](C)(C)C)C(N)=O. The van der Waals surface area contributed by atoms with Gasteiger partial charge in [0.1, 0.15) is 13.2 Å². The van der Waals surface area contributed by atoms with Gasteiger partial charge in [-0.2, -0.15) is 0 Å². The number of primary amides is 1. The summed E-state index contributed by atoms with van der Waals surface area (Å²) in [7, 11) is 6.18. The van der Waals surface area contributed by atoms with E-state index < -0.39 is 5.41 Å². The molecule has 0 bridgehead atoms. The molecule has 0 saturated carbocycles. The fourth-order valence-electron chi connectivity index (χ4n) is 2.05. The van der Waals surface area contributed by atoms with Gasteiger partial charge in [-0.1, -0.05) is 13.8 Å². The number of amides is 1. The van der Waals surface area contributed by atoms with Crippen molar-refractivity contribution in [2.75, 3.05) is 34.3 Å². The molecule has 0 aromatic carbocycles. The third kappa shape index (κ3) is 7.46. The minimum absolute atomic E-state index is 0.157. The number of hydrogen-bond donors (Lipinski definition) is 1. The monoisotopic (exact) mass is 301 g/mol. The van der Waals surface area contributed by atoms with E-state index in [2.05, 4.69) is 21.1 Å². The van der Waals surface area contributed by atoms with Crippen LogP contribution in [0.2, 0.25) is 0 Å². The molecule has 0 saturated heterocycles. The van der Waals surface area contributed by atoms with E-state index in [0.29, 0.717) is 32.3 Å². The van der Waals surface area contributed by atoms with E-state index in [4.69, 9.17) is 10.5 Å². The molecule has 124 valence electrons. The molecule has 0 fully saturated rings. The lowest BCUT2D eigenvalue weighted by Crippen LogP contribution is -2.39. The first-order valence-electron chi connectivity index (χ1n) is 7.82. The summed E-state index contributed by atoms with van der Waals surface area (Å²) in [5.74, 6) is -0.609. The highest BCUT2D eigenvalue weighted by Crippen LogP contribution is 2.31. The number of likely N-dealkylation sites (N-methyl/N-ethyl adjacent to an activating group) is 1. The van der Waals surface area contributed by atoms with Gasteiger partial charge in [-0.15, -0.1) is 0 Å². The summed E-state index contributed by atoms with van der Waals surface area (Å²) in [6.45, 7) is 7.04. The smallest absolute Gasteiger partial charge is 0.311 e. The van der Waals surface area contributed by atoms with Crippen LogP contribution in [0.4, 0.5) is 0 Å². The molecule has 21 heavy (non-hydrogen) atoms. The van der Waals surface area contributed by atoms with Crippen molar-refractivity contribution in [1.82, 2.24) is 0 Å². The predicted octanol–water partition coefficient (Wildman–Crippen LogP) is 1.94. The van der Waals surface area contributed by atoms with Crippen LogP contribution in [0.25, 0.3) is 0 Å². The molecule has 2 unspecified atom stereocenters. The molecule has 0 aromatic heterocycles. The maximum absolute atomic E-state index is 12.3. The molecule has 0 heterocycles. The van der Waals surface area contributed by atoms with Crippen LogP contribution in [0.5, 0.6) is 0 Å². The highest BCUT2D eigenvalue weighted by atomic mass is 16.5. The Morgan fingerprint density at radius 3 is 2.19 bits per heavy atom. The third-order valence-corrected chi connectivity index (χ3v) is 4.21. The van der Waals surface area contributed by atoms with E-state index in [1.54, 1.807) is 0 Å². The topological polar surface area (TPSA) is 69.4 Å². The zero-order chi connectivity index (χ0) is 16.7. The Kier molecular flexibility index (Phi) is 7.93. The maximum atomic E-state index is 12.3. The van der Waals surface area contributed by atoms with Crippen LogP contribution in [0.1, 0.15) is 46.5 Å². The summed E-state index contributed by atoms with van der Waals surface area (Å²) in [4.78, 5) is 23.6. The van der Waals surface area contributed by atoms with Crippen molar-refractivity contribution in [3.8, 4) is 0 Å². The number of nitrogens with two attached hydrogens (primary N) is 1. The number of nitrogens with zero attached hydrogens (tertiary/aromatic N) is 1. The average molecular weight is 301 g/mol. The van der Waals surface area contributed by atoms with Gasteiger partial charge in [-0.3, -0.25) is 9.59 Å². The molecule has 0 spiro atoms. The third-order valence-electron chi connectivity index (χ3n) is 4.21. The first-order chi connectivity index (χ1) is 9.55. The summed E-state index contributed by atoms with van der Waals surface area (Å²) in [5, 5.41) is 0. The van der Waals surface area contributed by atoms with Crippen molar-refractivity contribution in [3.05, 3.63) is 0 Å². The molecule has 0 radical (unpaired) electrons. The Morgan fingerprint density at radius 1 is 1.24 bits per heavy atom. The van der Waals surface area contributed by atoms with Crippen LogP contribution in [-0.2, 0) is 14.3 Å². The number of carbonyl (C=O) groups is 2. The van der Waals surface area contributed by atoms with E-state index in [0.717, 1.165) is 11.0 Å². The van der Waals surface area contributed by atoms with Gasteiger partial charge in [-0.05, 0) is 32.6 Å². The molecule has 5 heteroatoms. The van der Waals surface area contributed by atoms with Crippen LogP contribution < -0.4 is 5.73 Å². The number of hydrogen-bond acceptors (Lipinski definition) is 3. The highest BCUT2D eigenvalue weighted by molar-refractivity contribution is 5.78. The highest BCUT2D eigenvalue weighted by Gasteiger charge is 2.34. The van der Waals surface area contributed by atoms with E-state index in [1.807, 2.05) is 20.8 Å². The molecule has 1 amide bonds. The number of esters is 1. The van der Waals surface area contributed by atoms with Crippen molar-refractivity contribution in [2.24, 2.45) is 17.1 Å². The molecule has 0 rings (SSSR count). The van der Waals surface area contributed by atoms with Gasteiger partial charge in [0, 0.05) is 5.92 Å². The first kappa shape index (κ1) is 19.9. The van der Waals surface area contributed by atoms with Gasteiger partial charge in [0.2, 0.25) is 5.91 Å². The number of quaternary nitrogens is 1. The van der Waals surface area contributed by atoms with Crippen molar-refractivity contribution in [2.45, 2.75) is 46.5 Å². The number of ether oxygens (including phenoxy) is 1.